The summed E-state index contributed by atoms with van der Waals surface area (Å²) in [6.07, 6.45) is -11.3. The second-order valence-electron chi connectivity index (χ2n) is 4.93. The van der Waals surface area contributed by atoms with E-state index < -0.39 is 42.9 Å². The van der Waals surface area contributed by atoms with Gasteiger partial charge in [0.25, 0.3) is 0 Å². The molecule has 1 heterocycles. The molecule has 0 amide bonds. The SMILES string of the molecule is OC(CC1CCOCC1)C(F)(F)C(F)(F)CC(F)(F)F. The Hall–Kier alpha value is -0.570. The van der Waals surface area contributed by atoms with Crippen LogP contribution in [0.25, 0.3) is 0 Å². The maximum absolute atomic E-state index is 13.3. The Morgan fingerprint density at radius 3 is 1.95 bits per heavy atom. The molecule has 0 bridgehead atoms. The summed E-state index contributed by atoms with van der Waals surface area (Å²) in [4.78, 5) is 0. The molecule has 1 fully saturated rings. The van der Waals surface area contributed by atoms with Crippen LogP contribution in [0.1, 0.15) is 25.7 Å². The predicted octanol–water partition coefficient (Wildman–Crippen LogP) is 3.39. The maximum Gasteiger partial charge on any atom is 0.395 e. The van der Waals surface area contributed by atoms with E-state index in [1.165, 1.54) is 0 Å². The van der Waals surface area contributed by atoms with E-state index in [1.54, 1.807) is 0 Å². The van der Waals surface area contributed by atoms with Crippen molar-refractivity contribution in [1.29, 1.82) is 0 Å². The molecule has 0 radical (unpaired) electrons. The molecular weight excluding hydrogens is 297 g/mol. The predicted molar refractivity (Wildman–Crippen MR) is 54.7 cm³/mol. The van der Waals surface area contributed by atoms with Crippen LogP contribution in [-0.4, -0.2) is 42.4 Å². The molecule has 1 aliphatic rings. The molecule has 1 rings (SSSR count). The van der Waals surface area contributed by atoms with E-state index >= 15 is 0 Å². The number of hydrogen-bond donors (Lipinski definition) is 1. The third-order valence-electron chi connectivity index (χ3n) is 3.23. The third kappa shape index (κ3) is 4.47. The minimum atomic E-state index is -5.44. The minimum Gasteiger partial charge on any atom is -0.387 e. The number of halogens is 7. The molecule has 0 saturated carbocycles. The van der Waals surface area contributed by atoms with E-state index in [-0.39, 0.29) is 13.2 Å². The van der Waals surface area contributed by atoms with Crippen LogP contribution in [0.4, 0.5) is 30.7 Å². The molecule has 0 aromatic carbocycles. The fraction of sp³-hybridized carbons (Fsp3) is 1.00. The fourth-order valence-corrected chi connectivity index (χ4v) is 2.06. The van der Waals surface area contributed by atoms with E-state index in [4.69, 9.17) is 4.74 Å². The van der Waals surface area contributed by atoms with Gasteiger partial charge in [-0.05, 0) is 25.2 Å². The number of rotatable bonds is 5. The van der Waals surface area contributed by atoms with Crippen LogP contribution in [0.2, 0.25) is 0 Å². The van der Waals surface area contributed by atoms with Crippen molar-refractivity contribution in [2.75, 3.05) is 13.2 Å². The summed E-state index contributed by atoms with van der Waals surface area (Å²) in [5, 5.41) is 9.22. The lowest BCUT2D eigenvalue weighted by Crippen LogP contribution is -2.52. The van der Waals surface area contributed by atoms with Crippen LogP contribution in [0, 0.1) is 5.92 Å². The van der Waals surface area contributed by atoms with E-state index in [0.29, 0.717) is 12.8 Å². The molecule has 20 heavy (non-hydrogen) atoms. The fourth-order valence-electron chi connectivity index (χ4n) is 2.06. The summed E-state index contributed by atoms with van der Waals surface area (Å²) in [6, 6.07) is 0. The first-order valence-electron chi connectivity index (χ1n) is 6.04. The lowest BCUT2D eigenvalue weighted by Gasteiger charge is -2.33. The van der Waals surface area contributed by atoms with Gasteiger partial charge in [-0.15, -0.1) is 0 Å². The third-order valence-corrected chi connectivity index (χ3v) is 3.23. The standard InChI is InChI=1S/C11H15F7O2/c12-9(13,6-10(14,15)16)11(17,18)8(19)5-7-1-3-20-4-2-7/h7-8,19H,1-6H2. The average molecular weight is 312 g/mol. The molecule has 0 aliphatic carbocycles. The van der Waals surface area contributed by atoms with Gasteiger partial charge in [0.05, 0.1) is 0 Å². The Bertz CT molecular complexity index is 310. The zero-order chi connectivity index (χ0) is 15.6. The zero-order valence-electron chi connectivity index (χ0n) is 10.4. The van der Waals surface area contributed by atoms with Crippen molar-refractivity contribution in [3.63, 3.8) is 0 Å². The second kappa shape index (κ2) is 6.05. The van der Waals surface area contributed by atoms with Gasteiger partial charge in [-0.3, -0.25) is 0 Å². The average Bonchev–Trinajstić information content (AvgIpc) is 2.26. The summed E-state index contributed by atoms with van der Waals surface area (Å²) < 4.78 is 93.4. The van der Waals surface area contributed by atoms with E-state index in [9.17, 15) is 35.8 Å². The van der Waals surface area contributed by atoms with Crippen LogP contribution in [0.5, 0.6) is 0 Å². The first kappa shape index (κ1) is 17.5. The van der Waals surface area contributed by atoms with Crippen LogP contribution < -0.4 is 0 Å². The summed E-state index contributed by atoms with van der Waals surface area (Å²) in [7, 11) is 0. The Balaban J connectivity index is 2.69. The van der Waals surface area contributed by atoms with Gasteiger partial charge in [-0.25, -0.2) is 0 Å². The summed E-state index contributed by atoms with van der Waals surface area (Å²) in [6.45, 7) is 0.504. The van der Waals surface area contributed by atoms with Crippen molar-refractivity contribution in [3.8, 4) is 0 Å². The monoisotopic (exact) mass is 312 g/mol. The topological polar surface area (TPSA) is 29.5 Å². The van der Waals surface area contributed by atoms with Crippen molar-refractivity contribution in [2.45, 2.75) is 49.8 Å². The van der Waals surface area contributed by atoms with Gasteiger partial charge in [0.2, 0.25) is 0 Å². The maximum atomic E-state index is 13.3. The van der Waals surface area contributed by atoms with Crippen molar-refractivity contribution in [2.24, 2.45) is 5.92 Å². The van der Waals surface area contributed by atoms with Crippen LogP contribution in [0.15, 0.2) is 0 Å². The number of ether oxygens (including phenoxy) is 1. The van der Waals surface area contributed by atoms with Crippen LogP contribution >= 0.6 is 0 Å². The molecule has 0 aromatic rings. The second-order valence-corrected chi connectivity index (χ2v) is 4.93. The lowest BCUT2D eigenvalue weighted by molar-refractivity contribution is -0.292. The van der Waals surface area contributed by atoms with Gasteiger partial charge < -0.3 is 9.84 Å². The Morgan fingerprint density at radius 2 is 1.50 bits per heavy atom. The first-order valence-corrected chi connectivity index (χ1v) is 6.04. The van der Waals surface area contributed by atoms with E-state index in [2.05, 4.69) is 0 Å². The van der Waals surface area contributed by atoms with Gasteiger partial charge in [0, 0.05) is 13.2 Å². The van der Waals surface area contributed by atoms with E-state index in [1.807, 2.05) is 0 Å². The number of alkyl halides is 7. The minimum absolute atomic E-state index is 0.252. The largest absolute Gasteiger partial charge is 0.395 e. The number of aliphatic hydroxyl groups is 1. The summed E-state index contributed by atoms with van der Waals surface area (Å²) in [5.41, 5.74) is 0. The van der Waals surface area contributed by atoms with Crippen molar-refractivity contribution >= 4 is 0 Å². The highest BCUT2D eigenvalue weighted by atomic mass is 19.4. The van der Waals surface area contributed by atoms with E-state index in [0.717, 1.165) is 0 Å². The zero-order valence-corrected chi connectivity index (χ0v) is 10.4. The Labute approximate surface area is 110 Å². The molecule has 1 unspecified atom stereocenters. The smallest absolute Gasteiger partial charge is 0.387 e. The molecule has 1 aliphatic heterocycles. The highest BCUT2D eigenvalue weighted by Crippen LogP contribution is 2.45. The van der Waals surface area contributed by atoms with Gasteiger partial charge in [0.1, 0.15) is 12.5 Å². The molecule has 120 valence electrons. The summed E-state index contributed by atoms with van der Waals surface area (Å²) in [5.74, 6) is -10.9. The van der Waals surface area contributed by atoms with Crippen LogP contribution in [-0.2, 0) is 4.74 Å². The highest BCUT2D eigenvalue weighted by Gasteiger charge is 2.64. The molecule has 1 saturated heterocycles. The highest BCUT2D eigenvalue weighted by molar-refractivity contribution is 4.93. The Kier molecular flexibility index (Phi) is 5.29. The van der Waals surface area contributed by atoms with Gasteiger partial charge in [-0.2, -0.15) is 30.7 Å². The molecule has 1 N–H and O–H groups in total. The van der Waals surface area contributed by atoms with Gasteiger partial charge in [-0.1, -0.05) is 0 Å². The molecule has 1 atom stereocenters. The Morgan fingerprint density at radius 1 is 1.00 bits per heavy atom. The molecule has 2 nitrogen and oxygen atoms in total. The molecule has 0 aromatic heterocycles. The molecule has 9 heteroatoms. The van der Waals surface area contributed by atoms with Gasteiger partial charge >= 0.3 is 18.0 Å². The van der Waals surface area contributed by atoms with Gasteiger partial charge in [0.15, 0.2) is 0 Å². The molecule has 0 spiro atoms. The first-order chi connectivity index (χ1) is 8.96. The number of hydrogen-bond acceptors (Lipinski definition) is 2. The normalized spacial score (nSPS) is 21.0. The van der Waals surface area contributed by atoms with Crippen molar-refractivity contribution < 1.29 is 40.6 Å². The quantitative estimate of drug-likeness (QED) is 0.789. The van der Waals surface area contributed by atoms with Crippen LogP contribution in [0.3, 0.4) is 0 Å². The van der Waals surface area contributed by atoms with Crippen molar-refractivity contribution in [1.82, 2.24) is 0 Å². The lowest BCUT2D eigenvalue weighted by atomic mass is 9.89. The molecular formula is C11H15F7O2. The van der Waals surface area contributed by atoms with Crippen molar-refractivity contribution in [3.05, 3.63) is 0 Å². The summed E-state index contributed by atoms with van der Waals surface area (Å²) >= 11 is 0. The number of aliphatic hydroxyl groups excluding tert-OH is 1.